The number of nitrogens with one attached hydrogen (secondary N) is 1. The van der Waals surface area contributed by atoms with Crippen LogP contribution in [0.5, 0.6) is 0 Å². The molecule has 2 aromatic rings. The van der Waals surface area contributed by atoms with E-state index in [1.54, 1.807) is 0 Å². The first kappa shape index (κ1) is 12.3. The fourth-order valence-corrected chi connectivity index (χ4v) is 1.79. The molecule has 0 amide bonds. The van der Waals surface area contributed by atoms with E-state index in [4.69, 9.17) is 9.78 Å². The molecule has 0 aliphatic heterocycles. The highest BCUT2D eigenvalue weighted by atomic mass is 16.5. The van der Waals surface area contributed by atoms with E-state index >= 15 is 0 Å². The molecule has 4 heteroatoms. The smallest absolute Gasteiger partial charge is 0.150 e. The Balaban J connectivity index is 1.91. The lowest BCUT2D eigenvalue weighted by atomic mass is 10.1. The summed E-state index contributed by atoms with van der Waals surface area (Å²) in [5.74, 6) is 0.831. The molecule has 0 aliphatic rings. The first-order valence-corrected chi connectivity index (χ1v) is 5.81. The maximum absolute atomic E-state index is 8.85. The van der Waals surface area contributed by atoms with Crippen LogP contribution in [0.25, 0.3) is 0 Å². The molecule has 2 rings (SSSR count). The number of nitriles is 1. The van der Waals surface area contributed by atoms with Crippen molar-refractivity contribution in [3.8, 4) is 6.07 Å². The topological polar surface area (TPSA) is 61.9 Å². The molecule has 0 radical (unpaired) electrons. The second kappa shape index (κ2) is 5.48. The molecule has 1 N–H and O–H groups in total. The van der Waals surface area contributed by atoms with Crippen molar-refractivity contribution in [2.75, 3.05) is 0 Å². The van der Waals surface area contributed by atoms with Gasteiger partial charge in [-0.2, -0.15) is 5.26 Å². The molecule has 0 unspecified atom stereocenters. The van der Waals surface area contributed by atoms with Crippen molar-refractivity contribution in [3.63, 3.8) is 0 Å². The molecule has 1 aromatic carbocycles. The van der Waals surface area contributed by atoms with Crippen molar-refractivity contribution in [1.29, 1.82) is 5.26 Å². The summed E-state index contributed by atoms with van der Waals surface area (Å²) in [7, 11) is 0. The van der Waals surface area contributed by atoms with Crippen LogP contribution >= 0.6 is 0 Å². The van der Waals surface area contributed by atoms with Crippen LogP contribution in [0.2, 0.25) is 0 Å². The number of rotatable bonds is 4. The van der Waals surface area contributed by atoms with Gasteiger partial charge in [0.2, 0.25) is 0 Å². The summed E-state index contributed by atoms with van der Waals surface area (Å²) in [5, 5.41) is 16.0. The van der Waals surface area contributed by atoms with E-state index in [0.717, 1.165) is 34.7 Å². The molecule has 0 spiro atoms. The quantitative estimate of drug-likeness (QED) is 0.893. The van der Waals surface area contributed by atoms with E-state index in [2.05, 4.69) is 16.5 Å². The zero-order valence-electron chi connectivity index (χ0n) is 10.5. The minimum atomic E-state index is 0.653. The van der Waals surface area contributed by atoms with Crippen molar-refractivity contribution in [3.05, 3.63) is 52.4 Å². The third kappa shape index (κ3) is 2.96. The molecule has 0 bridgehead atoms. The first-order valence-electron chi connectivity index (χ1n) is 5.81. The summed E-state index contributed by atoms with van der Waals surface area (Å²) in [6.45, 7) is 5.24. The van der Waals surface area contributed by atoms with Gasteiger partial charge in [0.05, 0.1) is 23.9 Å². The normalized spacial score (nSPS) is 10.3. The predicted octanol–water partition coefficient (Wildman–Crippen LogP) is 2.45. The molecule has 92 valence electrons. The van der Waals surface area contributed by atoms with Crippen LogP contribution in [0.4, 0.5) is 0 Å². The number of aryl methyl sites for hydroxylation is 2. The van der Waals surface area contributed by atoms with Gasteiger partial charge in [-0.3, -0.25) is 0 Å². The van der Waals surface area contributed by atoms with Gasteiger partial charge in [0, 0.05) is 12.6 Å². The van der Waals surface area contributed by atoms with Crippen LogP contribution in [0.1, 0.15) is 28.1 Å². The highest BCUT2D eigenvalue weighted by Gasteiger charge is 2.01. The number of benzene rings is 1. The molecule has 18 heavy (non-hydrogen) atoms. The van der Waals surface area contributed by atoms with E-state index < -0.39 is 0 Å². The summed E-state index contributed by atoms with van der Waals surface area (Å²) >= 11 is 0. The fourth-order valence-electron chi connectivity index (χ4n) is 1.79. The summed E-state index contributed by atoms with van der Waals surface area (Å²) in [6, 6.07) is 9.92. The van der Waals surface area contributed by atoms with Gasteiger partial charge in [-0.05, 0) is 31.0 Å². The van der Waals surface area contributed by atoms with Crippen molar-refractivity contribution >= 4 is 0 Å². The minimum absolute atomic E-state index is 0.653. The highest BCUT2D eigenvalue weighted by molar-refractivity contribution is 5.39. The van der Waals surface area contributed by atoms with E-state index in [0.29, 0.717) is 6.54 Å². The zero-order valence-corrected chi connectivity index (χ0v) is 10.5. The predicted molar refractivity (Wildman–Crippen MR) is 67.7 cm³/mol. The Morgan fingerprint density at radius 1 is 1.28 bits per heavy atom. The van der Waals surface area contributed by atoms with Crippen LogP contribution in [0.15, 0.2) is 28.8 Å². The van der Waals surface area contributed by atoms with Crippen LogP contribution in [0, 0.1) is 25.2 Å². The van der Waals surface area contributed by atoms with Crippen molar-refractivity contribution in [2.45, 2.75) is 26.9 Å². The van der Waals surface area contributed by atoms with Gasteiger partial charge in [0.25, 0.3) is 0 Å². The van der Waals surface area contributed by atoms with Gasteiger partial charge >= 0.3 is 0 Å². The Morgan fingerprint density at radius 3 is 2.72 bits per heavy atom. The average molecular weight is 241 g/mol. The van der Waals surface area contributed by atoms with Gasteiger partial charge in [-0.15, -0.1) is 0 Å². The lowest BCUT2D eigenvalue weighted by molar-refractivity contribution is 0.369. The molecule has 1 aromatic heterocycles. The lowest BCUT2D eigenvalue weighted by Gasteiger charge is -2.04. The number of hydrogen-bond acceptors (Lipinski definition) is 4. The lowest BCUT2D eigenvalue weighted by Crippen LogP contribution is -2.12. The molecule has 0 atom stereocenters. The van der Waals surface area contributed by atoms with E-state index in [1.165, 1.54) is 0 Å². The van der Waals surface area contributed by atoms with Crippen LogP contribution in [-0.4, -0.2) is 5.16 Å². The molecular formula is C14H15N3O. The van der Waals surface area contributed by atoms with Crippen LogP contribution in [0.3, 0.4) is 0 Å². The van der Waals surface area contributed by atoms with Crippen molar-refractivity contribution in [1.82, 2.24) is 10.5 Å². The number of hydrogen-bond donors (Lipinski definition) is 1. The molecule has 0 saturated carbocycles. The molecule has 1 heterocycles. The van der Waals surface area contributed by atoms with Gasteiger partial charge in [0.1, 0.15) is 0 Å². The number of aromatic nitrogens is 1. The Hall–Kier alpha value is -2.12. The Kier molecular flexibility index (Phi) is 3.75. The van der Waals surface area contributed by atoms with Gasteiger partial charge in [-0.1, -0.05) is 17.3 Å². The zero-order chi connectivity index (χ0) is 13.0. The third-order valence-corrected chi connectivity index (χ3v) is 2.72. The van der Waals surface area contributed by atoms with Crippen molar-refractivity contribution < 1.29 is 4.52 Å². The molecule has 0 aliphatic carbocycles. The average Bonchev–Trinajstić information content (AvgIpc) is 2.75. The summed E-state index contributed by atoms with van der Waals surface area (Å²) in [5.41, 5.74) is 3.78. The fraction of sp³-hybridized carbons (Fsp3) is 0.286. The van der Waals surface area contributed by atoms with Crippen LogP contribution < -0.4 is 5.32 Å². The molecule has 4 nitrogen and oxygen atoms in total. The maximum atomic E-state index is 8.85. The van der Waals surface area contributed by atoms with Gasteiger partial charge in [0.15, 0.2) is 5.76 Å². The van der Waals surface area contributed by atoms with Crippen molar-refractivity contribution in [2.24, 2.45) is 0 Å². The Labute approximate surface area is 106 Å². The van der Waals surface area contributed by atoms with E-state index in [1.807, 2.05) is 38.1 Å². The molecule has 0 fully saturated rings. The summed E-state index contributed by atoms with van der Waals surface area (Å²) < 4.78 is 5.11. The van der Waals surface area contributed by atoms with E-state index in [9.17, 15) is 0 Å². The highest BCUT2D eigenvalue weighted by Crippen LogP contribution is 2.10. The standard InChI is InChI=1S/C14H15N3O/c1-10-5-12(3-4-13(10)7-15)8-16-9-14-6-11(2)17-18-14/h3-6,16H,8-9H2,1-2H3. The number of nitrogens with zero attached hydrogens (tertiary/aromatic N) is 2. The molecular weight excluding hydrogens is 226 g/mol. The third-order valence-electron chi connectivity index (χ3n) is 2.72. The minimum Gasteiger partial charge on any atom is -0.360 e. The monoisotopic (exact) mass is 241 g/mol. The van der Waals surface area contributed by atoms with Crippen LogP contribution in [-0.2, 0) is 13.1 Å². The summed E-state index contributed by atoms with van der Waals surface area (Å²) in [4.78, 5) is 0. The SMILES string of the molecule is Cc1cc(CNCc2ccc(C#N)c(C)c2)on1. The second-order valence-corrected chi connectivity index (χ2v) is 4.30. The second-order valence-electron chi connectivity index (χ2n) is 4.30. The van der Waals surface area contributed by atoms with E-state index in [-0.39, 0.29) is 0 Å². The van der Waals surface area contributed by atoms with Gasteiger partial charge in [-0.25, -0.2) is 0 Å². The van der Waals surface area contributed by atoms with Gasteiger partial charge < -0.3 is 9.84 Å². The Morgan fingerprint density at radius 2 is 2.11 bits per heavy atom. The molecule has 0 saturated heterocycles. The Bertz CT molecular complexity index is 581. The summed E-state index contributed by atoms with van der Waals surface area (Å²) in [6.07, 6.45) is 0. The first-order chi connectivity index (χ1) is 8.69. The largest absolute Gasteiger partial charge is 0.360 e. The maximum Gasteiger partial charge on any atom is 0.150 e.